The van der Waals surface area contributed by atoms with Gasteiger partial charge in [0.1, 0.15) is 11.5 Å². The molecule has 4 rings (SSSR count). The molecule has 8 heteroatoms. The van der Waals surface area contributed by atoms with E-state index < -0.39 is 5.97 Å². The maximum Gasteiger partial charge on any atom is 0.335 e. The molecule has 1 aliphatic rings. The average molecular weight is 508 g/mol. The number of carboxylic acids is 1. The van der Waals surface area contributed by atoms with Crippen molar-refractivity contribution < 1.29 is 28.9 Å². The number of carboxylic acid groups (broad SMARTS) is 1. The standard InChI is InChI=1S/C28H29NO6S/c1-19(27(30)20-6-8-21(9-7-20)28(31)32)22-17-23(26-5-3-16-36-26)24(33-2)18-25(22)35-13-4-10-29-11-14-34-15-12-29/h3,5-9,16-18H,1,4,10-15H2,2H3,(H,31,32). The second-order valence-electron chi connectivity index (χ2n) is 8.37. The molecule has 0 atom stereocenters. The van der Waals surface area contributed by atoms with E-state index in [4.69, 9.17) is 19.3 Å². The molecule has 36 heavy (non-hydrogen) atoms. The Morgan fingerprint density at radius 2 is 1.81 bits per heavy atom. The van der Waals surface area contributed by atoms with E-state index in [2.05, 4.69) is 11.5 Å². The summed E-state index contributed by atoms with van der Waals surface area (Å²) in [7, 11) is 1.61. The Morgan fingerprint density at radius 3 is 2.44 bits per heavy atom. The first-order chi connectivity index (χ1) is 17.5. The van der Waals surface area contributed by atoms with Crippen LogP contribution in [-0.4, -0.2) is 68.3 Å². The normalized spacial score (nSPS) is 13.8. The number of aromatic carboxylic acids is 1. The Hall–Kier alpha value is -3.46. The summed E-state index contributed by atoms with van der Waals surface area (Å²) in [5.74, 6) is -0.172. The molecule has 3 aromatic rings. The van der Waals surface area contributed by atoms with Gasteiger partial charge < -0.3 is 19.3 Å². The summed E-state index contributed by atoms with van der Waals surface area (Å²) in [6, 6.07) is 13.5. The number of rotatable bonds is 11. The van der Waals surface area contributed by atoms with Crippen LogP contribution in [0.3, 0.4) is 0 Å². The van der Waals surface area contributed by atoms with Crippen molar-refractivity contribution in [2.24, 2.45) is 0 Å². The SMILES string of the molecule is C=C(C(=O)c1ccc(C(=O)O)cc1)c1cc(-c2cccs2)c(OC)cc1OCCCN1CCOCC1. The molecule has 1 saturated heterocycles. The number of thiophene rings is 1. The highest BCUT2D eigenvalue weighted by molar-refractivity contribution is 7.13. The Kier molecular flexibility index (Phi) is 8.53. The maximum atomic E-state index is 13.3. The van der Waals surface area contributed by atoms with Crippen LogP contribution in [0.1, 0.15) is 32.7 Å². The molecule has 0 aliphatic carbocycles. The molecule has 2 aromatic carbocycles. The van der Waals surface area contributed by atoms with Crippen molar-refractivity contribution in [3.63, 3.8) is 0 Å². The molecule has 0 saturated carbocycles. The lowest BCUT2D eigenvalue weighted by Crippen LogP contribution is -2.37. The smallest absolute Gasteiger partial charge is 0.335 e. The summed E-state index contributed by atoms with van der Waals surface area (Å²) < 4.78 is 17.2. The molecular formula is C28H29NO6S. The van der Waals surface area contributed by atoms with Crippen molar-refractivity contribution in [1.29, 1.82) is 0 Å². The predicted molar refractivity (Wildman–Crippen MR) is 140 cm³/mol. The number of carbonyl (C=O) groups excluding carboxylic acids is 1. The second-order valence-corrected chi connectivity index (χ2v) is 9.32. The Morgan fingerprint density at radius 1 is 1.08 bits per heavy atom. The summed E-state index contributed by atoms with van der Waals surface area (Å²) in [6.07, 6.45) is 0.825. The highest BCUT2D eigenvalue weighted by atomic mass is 32.1. The molecule has 1 aliphatic heterocycles. The molecule has 0 radical (unpaired) electrons. The topological polar surface area (TPSA) is 85.3 Å². The van der Waals surface area contributed by atoms with Crippen molar-refractivity contribution in [2.75, 3.05) is 46.6 Å². The monoisotopic (exact) mass is 507 g/mol. The molecule has 0 spiro atoms. The first-order valence-electron chi connectivity index (χ1n) is 11.7. The number of hydrogen-bond acceptors (Lipinski definition) is 7. The lowest BCUT2D eigenvalue weighted by atomic mass is 9.94. The van der Waals surface area contributed by atoms with E-state index >= 15 is 0 Å². The number of Topliss-reactive ketones (excluding diaryl/α,β-unsaturated/α-hetero) is 1. The highest BCUT2D eigenvalue weighted by Crippen LogP contribution is 2.41. The maximum absolute atomic E-state index is 13.3. The molecule has 2 heterocycles. The van der Waals surface area contributed by atoms with Gasteiger partial charge in [-0.05, 0) is 36.1 Å². The first kappa shape index (κ1) is 25.6. The Bertz CT molecular complexity index is 1210. The third-order valence-corrected chi connectivity index (χ3v) is 6.96. The number of allylic oxidation sites excluding steroid dienone is 1. The van der Waals surface area contributed by atoms with Gasteiger partial charge in [0.15, 0.2) is 5.78 Å². The van der Waals surface area contributed by atoms with Crippen molar-refractivity contribution >= 4 is 28.7 Å². The Labute approximate surface area is 214 Å². The van der Waals surface area contributed by atoms with Crippen LogP contribution in [0.15, 0.2) is 60.5 Å². The number of ketones is 1. The van der Waals surface area contributed by atoms with Gasteiger partial charge in [0.2, 0.25) is 0 Å². The van der Waals surface area contributed by atoms with Gasteiger partial charge in [0, 0.05) is 52.8 Å². The van der Waals surface area contributed by atoms with Crippen molar-refractivity contribution in [1.82, 2.24) is 4.90 Å². The first-order valence-corrected chi connectivity index (χ1v) is 12.6. The van der Waals surface area contributed by atoms with Gasteiger partial charge in [-0.25, -0.2) is 4.79 Å². The van der Waals surface area contributed by atoms with Gasteiger partial charge in [-0.2, -0.15) is 0 Å². The summed E-state index contributed by atoms with van der Waals surface area (Å²) in [5.41, 5.74) is 2.17. The zero-order valence-electron chi connectivity index (χ0n) is 20.2. The minimum absolute atomic E-state index is 0.117. The van der Waals surface area contributed by atoms with Gasteiger partial charge in [-0.15, -0.1) is 11.3 Å². The van der Waals surface area contributed by atoms with Crippen LogP contribution in [0.5, 0.6) is 11.5 Å². The van der Waals surface area contributed by atoms with E-state index in [1.807, 2.05) is 29.6 Å². The lowest BCUT2D eigenvalue weighted by Gasteiger charge is -2.26. The number of hydrogen-bond donors (Lipinski definition) is 1. The van der Waals surface area contributed by atoms with Gasteiger partial charge in [0.25, 0.3) is 0 Å². The van der Waals surface area contributed by atoms with Crippen molar-refractivity contribution in [2.45, 2.75) is 6.42 Å². The quantitative estimate of drug-likeness (QED) is 0.219. The molecule has 1 fully saturated rings. The fourth-order valence-corrected chi connectivity index (χ4v) is 4.81. The fourth-order valence-electron chi connectivity index (χ4n) is 4.07. The van der Waals surface area contributed by atoms with E-state index in [1.165, 1.54) is 24.3 Å². The number of methoxy groups -OCH3 is 1. The van der Waals surface area contributed by atoms with Crippen LogP contribution >= 0.6 is 11.3 Å². The number of carbonyl (C=O) groups is 2. The van der Waals surface area contributed by atoms with Gasteiger partial charge in [0.05, 0.1) is 32.5 Å². The van der Waals surface area contributed by atoms with E-state index in [-0.39, 0.29) is 16.9 Å². The van der Waals surface area contributed by atoms with Crippen LogP contribution in [0.25, 0.3) is 16.0 Å². The number of ether oxygens (including phenoxy) is 3. The fraction of sp³-hybridized carbons (Fsp3) is 0.286. The van der Waals surface area contributed by atoms with E-state index in [0.29, 0.717) is 29.2 Å². The summed E-state index contributed by atoms with van der Waals surface area (Å²) >= 11 is 1.57. The lowest BCUT2D eigenvalue weighted by molar-refractivity contribution is 0.0358. The van der Waals surface area contributed by atoms with Crippen LogP contribution in [0.4, 0.5) is 0 Å². The summed E-state index contributed by atoms with van der Waals surface area (Å²) in [5, 5.41) is 11.1. The molecule has 188 valence electrons. The molecular weight excluding hydrogens is 478 g/mol. The van der Waals surface area contributed by atoms with Crippen LogP contribution < -0.4 is 9.47 Å². The summed E-state index contributed by atoms with van der Waals surface area (Å²) in [4.78, 5) is 27.8. The minimum Gasteiger partial charge on any atom is -0.496 e. The zero-order chi connectivity index (χ0) is 25.5. The minimum atomic E-state index is -1.05. The highest BCUT2D eigenvalue weighted by Gasteiger charge is 2.21. The van der Waals surface area contributed by atoms with E-state index in [1.54, 1.807) is 18.4 Å². The van der Waals surface area contributed by atoms with E-state index in [0.717, 1.165) is 49.7 Å². The number of morpholine rings is 1. The van der Waals surface area contributed by atoms with Gasteiger partial charge >= 0.3 is 5.97 Å². The zero-order valence-corrected chi connectivity index (χ0v) is 21.0. The van der Waals surface area contributed by atoms with Crippen LogP contribution in [0, 0.1) is 0 Å². The van der Waals surface area contributed by atoms with Gasteiger partial charge in [-0.3, -0.25) is 9.69 Å². The molecule has 0 bridgehead atoms. The summed E-state index contributed by atoms with van der Waals surface area (Å²) in [6.45, 7) is 8.81. The van der Waals surface area contributed by atoms with Crippen LogP contribution in [0.2, 0.25) is 0 Å². The third kappa shape index (κ3) is 6.02. The third-order valence-electron chi connectivity index (χ3n) is 6.06. The predicted octanol–water partition coefficient (Wildman–Crippen LogP) is 5.12. The van der Waals surface area contributed by atoms with Gasteiger partial charge in [-0.1, -0.05) is 24.8 Å². The number of benzene rings is 2. The van der Waals surface area contributed by atoms with Crippen LogP contribution in [-0.2, 0) is 4.74 Å². The van der Waals surface area contributed by atoms with Crippen molar-refractivity contribution in [3.05, 3.63) is 77.2 Å². The largest absolute Gasteiger partial charge is 0.496 e. The molecule has 1 aromatic heterocycles. The van der Waals surface area contributed by atoms with Crippen molar-refractivity contribution in [3.8, 4) is 21.9 Å². The number of nitrogens with zero attached hydrogens (tertiary/aromatic N) is 1. The molecule has 0 unspecified atom stereocenters. The van der Waals surface area contributed by atoms with E-state index in [9.17, 15) is 9.59 Å². The Balaban J connectivity index is 1.60. The average Bonchev–Trinajstić information content (AvgIpc) is 3.45. The second kappa shape index (κ2) is 12.0. The molecule has 0 amide bonds. The molecule has 1 N–H and O–H groups in total. The molecule has 7 nitrogen and oxygen atoms in total.